The van der Waals surface area contributed by atoms with Crippen LogP contribution in [-0.4, -0.2) is 6.10 Å². The summed E-state index contributed by atoms with van der Waals surface area (Å²) in [7, 11) is 0. The molecule has 4 heteroatoms. The van der Waals surface area contributed by atoms with Crippen molar-refractivity contribution in [1.82, 2.24) is 0 Å². The molecule has 0 spiro atoms. The zero-order valence-electron chi connectivity index (χ0n) is 10.4. The van der Waals surface area contributed by atoms with Gasteiger partial charge in [-0.1, -0.05) is 22.9 Å². The van der Waals surface area contributed by atoms with Gasteiger partial charge in [0.15, 0.2) is 17.4 Å². The first-order valence-electron chi connectivity index (χ1n) is 6.30. The number of benzene rings is 1. The Morgan fingerprint density at radius 3 is 2.22 bits per heavy atom. The molecule has 100 valence electrons. The van der Waals surface area contributed by atoms with Crippen molar-refractivity contribution in [3.8, 4) is 5.75 Å². The van der Waals surface area contributed by atoms with Crippen molar-refractivity contribution in [2.24, 2.45) is 5.92 Å². The Balaban J connectivity index is 2.09. The van der Waals surface area contributed by atoms with Crippen molar-refractivity contribution in [2.45, 2.75) is 44.0 Å². The van der Waals surface area contributed by atoms with E-state index >= 15 is 0 Å². The van der Waals surface area contributed by atoms with E-state index in [9.17, 15) is 8.78 Å². The van der Waals surface area contributed by atoms with Crippen LogP contribution in [0.2, 0.25) is 0 Å². The number of hydrogen-bond donors (Lipinski definition) is 0. The van der Waals surface area contributed by atoms with Gasteiger partial charge >= 0.3 is 0 Å². The number of alkyl halides is 1. The second-order valence-electron chi connectivity index (χ2n) is 5.02. The van der Waals surface area contributed by atoms with Gasteiger partial charge in [-0.15, -0.1) is 0 Å². The summed E-state index contributed by atoms with van der Waals surface area (Å²) in [5.41, 5.74) is 0.578. The quantitative estimate of drug-likeness (QED) is 0.726. The highest BCUT2D eigenvalue weighted by Crippen LogP contribution is 2.30. The van der Waals surface area contributed by atoms with E-state index in [1.54, 1.807) is 0 Å². The molecule has 0 amide bonds. The molecular formula is C14H17BrF2O. The maximum atomic E-state index is 13.7. The van der Waals surface area contributed by atoms with E-state index in [2.05, 4.69) is 22.9 Å². The summed E-state index contributed by atoms with van der Waals surface area (Å²) < 4.78 is 33.0. The lowest BCUT2D eigenvalue weighted by molar-refractivity contribution is 0.124. The van der Waals surface area contributed by atoms with Gasteiger partial charge in [0.05, 0.1) is 6.10 Å². The van der Waals surface area contributed by atoms with Crippen LogP contribution in [0, 0.1) is 17.6 Å². The lowest BCUT2D eigenvalue weighted by Gasteiger charge is -2.27. The maximum Gasteiger partial charge on any atom is 0.191 e. The first-order chi connectivity index (χ1) is 8.60. The second-order valence-corrected chi connectivity index (χ2v) is 5.58. The normalized spacial score (nSPS) is 24.0. The summed E-state index contributed by atoms with van der Waals surface area (Å²) in [6.07, 6.45) is 3.82. The highest BCUT2D eigenvalue weighted by Gasteiger charge is 2.22. The van der Waals surface area contributed by atoms with Gasteiger partial charge in [-0.05, 0) is 49.3 Å². The van der Waals surface area contributed by atoms with Gasteiger partial charge in [-0.3, -0.25) is 0 Å². The monoisotopic (exact) mass is 318 g/mol. The van der Waals surface area contributed by atoms with Gasteiger partial charge in [-0.25, -0.2) is 8.78 Å². The first kappa shape index (κ1) is 13.8. The average Bonchev–Trinajstić information content (AvgIpc) is 2.35. The summed E-state index contributed by atoms with van der Waals surface area (Å²) in [5, 5.41) is 0.433. The molecule has 0 heterocycles. The standard InChI is InChI=1S/C14H17BrF2O/c1-9-2-4-11(5-3-9)18-14-12(16)6-10(8-15)7-13(14)17/h6-7,9,11H,2-5,8H2,1H3. The molecule has 0 unspecified atom stereocenters. The minimum absolute atomic E-state index is 0.0555. The first-order valence-corrected chi connectivity index (χ1v) is 7.43. The molecule has 0 aromatic heterocycles. The fraction of sp³-hybridized carbons (Fsp3) is 0.571. The van der Waals surface area contributed by atoms with Gasteiger partial charge in [-0.2, -0.15) is 0 Å². The van der Waals surface area contributed by atoms with Crippen molar-refractivity contribution in [2.75, 3.05) is 0 Å². The summed E-state index contributed by atoms with van der Waals surface area (Å²) in [4.78, 5) is 0. The minimum atomic E-state index is -0.608. The van der Waals surface area contributed by atoms with Gasteiger partial charge in [0.2, 0.25) is 0 Å². The smallest absolute Gasteiger partial charge is 0.191 e. The maximum absolute atomic E-state index is 13.7. The predicted octanol–water partition coefficient (Wildman–Crippen LogP) is 4.82. The van der Waals surface area contributed by atoms with Crippen molar-refractivity contribution in [3.05, 3.63) is 29.3 Å². The van der Waals surface area contributed by atoms with Crippen LogP contribution in [0.1, 0.15) is 38.2 Å². The fourth-order valence-electron chi connectivity index (χ4n) is 2.32. The Labute approximate surface area is 115 Å². The van der Waals surface area contributed by atoms with Gasteiger partial charge in [0, 0.05) is 5.33 Å². The molecule has 0 N–H and O–H groups in total. The third-order valence-electron chi connectivity index (χ3n) is 3.46. The number of hydrogen-bond acceptors (Lipinski definition) is 1. The highest BCUT2D eigenvalue weighted by molar-refractivity contribution is 9.08. The molecule has 18 heavy (non-hydrogen) atoms. The fourth-order valence-corrected chi connectivity index (χ4v) is 2.64. The Morgan fingerprint density at radius 1 is 1.17 bits per heavy atom. The Hall–Kier alpha value is -0.640. The second kappa shape index (κ2) is 6.00. The summed E-state index contributed by atoms with van der Waals surface area (Å²) in [6.45, 7) is 2.20. The van der Waals surface area contributed by atoms with Gasteiger partial charge in [0.25, 0.3) is 0 Å². The molecule has 0 aliphatic heterocycles. The molecule has 1 fully saturated rings. The van der Waals surface area contributed by atoms with E-state index in [0.717, 1.165) is 25.7 Å². The van der Waals surface area contributed by atoms with Crippen LogP contribution in [0.25, 0.3) is 0 Å². The molecule has 0 atom stereocenters. The van der Waals surface area contributed by atoms with Crippen LogP contribution in [0.4, 0.5) is 8.78 Å². The third kappa shape index (κ3) is 3.22. The molecule has 1 aliphatic carbocycles. The molecule has 1 aromatic carbocycles. The Bertz CT molecular complexity index is 391. The lowest BCUT2D eigenvalue weighted by Crippen LogP contribution is -2.24. The number of rotatable bonds is 3. The Morgan fingerprint density at radius 2 is 1.72 bits per heavy atom. The Kier molecular flexibility index (Phi) is 4.60. The van der Waals surface area contributed by atoms with E-state index < -0.39 is 11.6 Å². The molecule has 0 saturated heterocycles. The average molecular weight is 319 g/mol. The van der Waals surface area contributed by atoms with Crippen LogP contribution in [0.5, 0.6) is 5.75 Å². The number of halogens is 3. The van der Waals surface area contributed by atoms with Crippen molar-refractivity contribution in [3.63, 3.8) is 0 Å². The molecule has 2 rings (SSSR count). The largest absolute Gasteiger partial charge is 0.484 e. The molecular weight excluding hydrogens is 302 g/mol. The van der Waals surface area contributed by atoms with Crippen LogP contribution < -0.4 is 4.74 Å². The summed E-state index contributed by atoms with van der Waals surface area (Å²) in [5.74, 6) is -0.749. The zero-order chi connectivity index (χ0) is 13.1. The zero-order valence-corrected chi connectivity index (χ0v) is 12.0. The SMILES string of the molecule is CC1CCC(Oc2c(F)cc(CBr)cc2F)CC1. The van der Waals surface area contributed by atoms with E-state index in [-0.39, 0.29) is 11.9 Å². The van der Waals surface area contributed by atoms with Crippen LogP contribution >= 0.6 is 15.9 Å². The molecule has 1 aliphatic rings. The predicted molar refractivity (Wildman–Crippen MR) is 71.0 cm³/mol. The summed E-state index contributed by atoms with van der Waals surface area (Å²) >= 11 is 3.18. The van der Waals surface area contributed by atoms with Crippen molar-refractivity contribution >= 4 is 15.9 Å². The van der Waals surface area contributed by atoms with Crippen molar-refractivity contribution in [1.29, 1.82) is 0 Å². The molecule has 0 radical (unpaired) electrons. The van der Waals surface area contributed by atoms with Crippen LogP contribution in [0.15, 0.2) is 12.1 Å². The lowest BCUT2D eigenvalue weighted by atomic mass is 9.89. The highest BCUT2D eigenvalue weighted by atomic mass is 79.9. The van der Waals surface area contributed by atoms with Crippen LogP contribution in [0.3, 0.4) is 0 Å². The van der Waals surface area contributed by atoms with E-state index in [0.29, 0.717) is 16.8 Å². The molecule has 1 saturated carbocycles. The van der Waals surface area contributed by atoms with E-state index in [1.165, 1.54) is 12.1 Å². The molecule has 1 aromatic rings. The van der Waals surface area contributed by atoms with Crippen LogP contribution in [-0.2, 0) is 5.33 Å². The van der Waals surface area contributed by atoms with E-state index in [4.69, 9.17) is 4.74 Å². The molecule has 0 bridgehead atoms. The summed E-state index contributed by atoms with van der Waals surface area (Å²) in [6, 6.07) is 2.64. The molecule has 1 nitrogen and oxygen atoms in total. The minimum Gasteiger partial charge on any atom is -0.484 e. The van der Waals surface area contributed by atoms with Crippen molar-refractivity contribution < 1.29 is 13.5 Å². The third-order valence-corrected chi connectivity index (χ3v) is 4.11. The van der Waals surface area contributed by atoms with Gasteiger partial charge < -0.3 is 4.74 Å². The number of ether oxygens (including phenoxy) is 1. The van der Waals surface area contributed by atoms with E-state index in [1.807, 2.05) is 0 Å². The topological polar surface area (TPSA) is 9.23 Å². The van der Waals surface area contributed by atoms with Gasteiger partial charge in [0.1, 0.15) is 0 Å².